The number of benzene rings is 1. The Morgan fingerprint density at radius 1 is 1.00 bits per heavy atom. The molecule has 4 nitrogen and oxygen atoms in total. The fourth-order valence-corrected chi connectivity index (χ4v) is 3.25. The van der Waals surface area contributed by atoms with Crippen LogP contribution in [-0.2, 0) is 33.4 Å². The van der Waals surface area contributed by atoms with Crippen LogP contribution in [0.3, 0.4) is 0 Å². The first-order chi connectivity index (χ1) is 13.5. The van der Waals surface area contributed by atoms with E-state index in [1.54, 1.807) is 6.20 Å². The molecule has 0 aliphatic heterocycles. The summed E-state index contributed by atoms with van der Waals surface area (Å²) in [5, 5.41) is 0. The van der Waals surface area contributed by atoms with Gasteiger partial charge in [-0.25, -0.2) is 0 Å². The second kappa shape index (κ2) is 9.53. The van der Waals surface area contributed by atoms with Crippen molar-refractivity contribution in [1.29, 1.82) is 0 Å². The Balaban J connectivity index is 2.18. The Morgan fingerprint density at radius 3 is 2.10 bits per heavy atom. The molecule has 0 unspecified atom stereocenters. The highest BCUT2D eigenvalue weighted by atomic mass is 16.5. The van der Waals surface area contributed by atoms with Gasteiger partial charge in [0.2, 0.25) is 0 Å². The largest absolute Gasteiger partial charge is 0.426 e. The van der Waals surface area contributed by atoms with Crippen LogP contribution in [0.5, 0.6) is 5.75 Å². The van der Waals surface area contributed by atoms with E-state index in [4.69, 9.17) is 9.47 Å². The monoisotopic (exact) mass is 397 g/mol. The molecular weight excluding hydrogens is 362 g/mol. The van der Waals surface area contributed by atoms with E-state index in [0.29, 0.717) is 19.0 Å². The maximum atomic E-state index is 11.8. The van der Waals surface area contributed by atoms with Gasteiger partial charge in [-0.15, -0.1) is 0 Å². The third-order valence-corrected chi connectivity index (χ3v) is 4.76. The van der Waals surface area contributed by atoms with Crippen molar-refractivity contribution in [2.45, 2.75) is 78.7 Å². The highest BCUT2D eigenvalue weighted by molar-refractivity contribution is 5.71. The maximum absolute atomic E-state index is 11.8. The summed E-state index contributed by atoms with van der Waals surface area (Å²) in [5.41, 5.74) is 4.23. The third-order valence-electron chi connectivity index (χ3n) is 4.76. The zero-order valence-electron chi connectivity index (χ0n) is 19.0. The molecule has 0 atom stereocenters. The van der Waals surface area contributed by atoms with E-state index in [0.717, 1.165) is 29.5 Å². The lowest BCUT2D eigenvalue weighted by atomic mass is 9.78. The van der Waals surface area contributed by atoms with Crippen molar-refractivity contribution in [2.24, 2.45) is 0 Å². The minimum atomic E-state index is -0.280. The van der Waals surface area contributed by atoms with Crippen molar-refractivity contribution >= 4 is 5.97 Å². The number of hydrogen-bond donors (Lipinski definition) is 0. The Morgan fingerprint density at radius 2 is 1.62 bits per heavy atom. The number of aryl methyl sites for hydroxylation is 1. The number of nitrogens with zero attached hydrogens (tertiary/aromatic N) is 1. The third kappa shape index (κ3) is 6.97. The Kier molecular flexibility index (Phi) is 7.59. The van der Waals surface area contributed by atoms with Crippen LogP contribution in [0.1, 0.15) is 77.1 Å². The van der Waals surface area contributed by atoms with Gasteiger partial charge < -0.3 is 9.47 Å². The zero-order valence-corrected chi connectivity index (χ0v) is 19.0. The fourth-order valence-electron chi connectivity index (χ4n) is 3.25. The Labute approximate surface area is 175 Å². The van der Waals surface area contributed by atoms with Crippen molar-refractivity contribution in [3.8, 4) is 5.75 Å². The van der Waals surface area contributed by atoms with E-state index in [2.05, 4.69) is 58.7 Å². The molecule has 0 fully saturated rings. The van der Waals surface area contributed by atoms with E-state index < -0.39 is 0 Å². The molecule has 0 aliphatic rings. The fraction of sp³-hybridized carbons (Fsp3) is 0.520. The number of ether oxygens (including phenoxy) is 2. The summed E-state index contributed by atoms with van der Waals surface area (Å²) in [7, 11) is 0. The number of carbonyl (C=O) groups excluding carboxylic acids is 1. The van der Waals surface area contributed by atoms with Gasteiger partial charge in [0.1, 0.15) is 5.75 Å². The van der Waals surface area contributed by atoms with Gasteiger partial charge in [0.25, 0.3) is 0 Å². The number of esters is 1. The summed E-state index contributed by atoms with van der Waals surface area (Å²) < 4.78 is 11.5. The summed E-state index contributed by atoms with van der Waals surface area (Å²) in [5.74, 6) is 0.437. The van der Waals surface area contributed by atoms with Crippen LogP contribution >= 0.6 is 0 Å². The highest BCUT2D eigenvalue weighted by Gasteiger charge is 2.28. The van der Waals surface area contributed by atoms with Gasteiger partial charge in [0.15, 0.2) is 0 Å². The van der Waals surface area contributed by atoms with Crippen molar-refractivity contribution in [3.05, 3.63) is 58.9 Å². The molecular formula is C25H35NO3. The molecule has 1 heterocycles. The molecule has 2 rings (SSSR count). The van der Waals surface area contributed by atoms with Gasteiger partial charge in [0.05, 0.1) is 6.61 Å². The van der Waals surface area contributed by atoms with Crippen molar-refractivity contribution in [1.82, 2.24) is 4.98 Å². The number of rotatable bonds is 7. The van der Waals surface area contributed by atoms with Crippen LogP contribution in [0.2, 0.25) is 0 Å². The maximum Gasteiger partial charge on any atom is 0.308 e. The van der Waals surface area contributed by atoms with Crippen LogP contribution in [0.4, 0.5) is 0 Å². The first-order valence-electron chi connectivity index (χ1n) is 10.3. The number of hydrogen-bond acceptors (Lipinski definition) is 4. The van der Waals surface area contributed by atoms with Gasteiger partial charge in [-0.05, 0) is 40.9 Å². The quantitative estimate of drug-likeness (QED) is 0.339. The van der Waals surface area contributed by atoms with Crippen molar-refractivity contribution in [2.75, 3.05) is 6.61 Å². The van der Waals surface area contributed by atoms with Gasteiger partial charge in [-0.1, -0.05) is 59.7 Å². The van der Waals surface area contributed by atoms with Gasteiger partial charge >= 0.3 is 5.97 Å². The lowest BCUT2D eigenvalue weighted by molar-refractivity contribution is -0.132. The molecule has 29 heavy (non-hydrogen) atoms. The number of carbonyl (C=O) groups is 1. The highest BCUT2D eigenvalue weighted by Crippen LogP contribution is 2.41. The normalized spacial score (nSPS) is 12.1. The SMILES string of the molecule is CC(=O)Oc1c(C(C)(C)C)cc(CCCOCc2cccnc2)cc1C(C)(C)C. The lowest BCUT2D eigenvalue weighted by Crippen LogP contribution is -2.21. The molecule has 158 valence electrons. The molecule has 1 aromatic carbocycles. The summed E-state index contributed by atoms with van der Waals surface area (Å²) in [6.07, 6.45) is 5.45. The first-order valence-corrected chi connectivity index (χ1v) is 10.3. The average Bonchev–Trinajstić information content (AvgIpc) is 2.60. The van der Waals surface area contributed by atoms with Crippen molar-refractivity contribution in [3.63, 3.8) is 0 Å². The molecule has 2 aromatic rings. The van der Waals surface area contributed by atoms with Crippen LogP contribution in [-0.4, -0.2) is 17.6 Å². The lowest BCUT2D eigenvalue weighted by Gasteiger charge is -2.30. The smallest absolute Gasteiger partial charge is 0.308 e. The number of pyridine rings is 1. The van der Waals surface area contributed by atoms with Gasteiger partial charge in [-0.3, -0.25) is 9.78 Å². The Bertz CT molecular complexity index is 779. The van der Waals surface area contributed by atoms with E-state index in [9.17, 15) is 4.79 Å². The Hall–Kier alpha value is -2.20. The average molecular weight is 398 g/mol. The summed E-state index contributed by atoms with van der Waals surface area (Å²) >= 11 is 0. The van der Waals surface area contributed by atoms with Crippen molar-refractivity contribution < 1.29 is 14.3 Å². The van der Waals surface area contributed by atoms with E-state index in [1.165, 1.54) is 12.5 Å². The summed E-state index contributed by atoms with van der Waals surface area (Å²) in [4.78, 5) is 15.9. The second-order valence-corrected chi connectivity index (χ2v) is 9.63. The molecule has 0 saturated heterocycles. The molecule has 0 saturated carbocycles. The topological polar surface area (TPSA) is 48.4 Å². The molecule has 0 N–H and O–H groups in total. The van der Waals surface area contributed by atoms with Gasteiger partial charge in [-0.2, -0.15) is 0 Å². The van der Waals surface area contributed by atoms with E-state index >= 15 is 0 Å². The van der Waals surface area contributed by atoms with E-state index in [1.807, 2.05) is 18.3 Å². The molecule has 0 amide bonds. The zero-order chi connectivity index (χ0) is 21.7. The predicted octanol–water partition coefficient (Wildman–Crippen LogP) is 5.75. The van der Waals surface area contributed by atoms with Gasteiger partial charge in [0, 0.05) is 37.1 Å². The van der Waals surface area contributed by atoms with Crippen LogP contribution in [0.15, 0.2) is 36.7 Å². The number of aromatic nitrogens is 1. The van der Waals surface area contributed by atoms with Crippen LogP contribution in [0, 0.1) is 0 Å². The van der Waals surface area contributed by atoms with E-state index in [-0.39, 0.29) is 16.8 Å². The minimum Gasteiger partial charge on any atom is -0.426 e. The molecule has 0 bridgehead atoms. The molecule has 0 radical (unpaired) electrons. The first kappa shape index (κ1) is 23.1. The molecule has 0 spiro atoms. The second-order valence-electron chi connectivity index (χ2n) is 9.63. The summed E-state index contributed by atoms with van der Waals surface area (Å²) in [6, 6.07) is 8.32. The molecule has 0 aliphatic carbocycles. The molecule has 1 aromatic heterocycles. The predicted molar refractivity (Wildman–Crippen MR) is 117 cm³/mol. The standard InChI is InChI=1S/C25H35NO3/c1-18(27)29-23-21(24(2,3)4)14-19(15-22(23)25(5,6)7)11-9-13-28-17-20-10-8-12-26-16-20/h8,10,12,14-16H,9,11,13,17H2,1-7H3. The van der Waals surface area contributed by atoms with Crippen LogP contribution in [0.25, 0.3) is 0 Å². The van der Waals surface area contributed by atoms with Crippen LogP contribution < -0.4 is 4.74 Å². The molecule has 4 heteroatoms. The minimum absolute atomic E-state index is 0.127. The summed E-state index contributed by atoms with van der Waals surface area (Å²) in [6.45, 7) is 15.7.